The summed E-state index contributed by atoms with van der Waals surface area (Å²) in [6.07, 6.45) is -8.55. The van der Waals surface area contributed by atoms with Gasteiger partial charge in [0.05, 0.1) is 14.2 Å². The first-order valence-corrected chi connectivity index (χ1v) is 17.4. The third-order valence-electron chi connectivity index (χ3n) is 8.53. The van der Waals surface area contributed by atoms with Gasteiger partial charge in [-0.1, -0.05) is 36.5 Å². The maximum atomic E-state index is 14.1. The average Bonchev–Trinajstić information content (AvgIpc) is 3.09. The van der Waals surface area contributed by atoms with Crippen LogP contribution in [0.25, 0.3) is 22.3 Å². The van der Waals surface area contributed by atoms with E-state index in [-0.39, 0.29) is 64.4 Å². The fourth-order valence-electron chi connectivity index (χ4n) is 6.46. The third-order valence-corrected chi connectivity index (χ3v) is 8.53. The number of allylic oxidation sites excluding steroid dienone is 3. The highest BCUT2D eigenvalue weighted by molar-refractivity contribution is 5.92. The molecule has 3 aromatic rings. The van der Waals surface area contributed by atoms with Gasteiger partial charge in [-0.25, -0.2) is 4.79 Å². The number of hydrogen-bond donors (Lipinski definition) is 2. The molecule has 0 amide bonds. The van der Waals surface area contributed by atoms with Crippen molar-refractivity contribution in [3.05, 3.63) is 81.6 Å². The molecule has 4 rings (SSSR count). The number of phenols is 2. The van der Waals surface area contributed by atoms with E-state index < -0.39 is 65.8 Å². The molecule has 1 aliphatic heterocycles. The van der Waals surface area contributed by atoms with Crippen LogP contribution in [0.5, 0.6) is 23.0 Å². The van der Waals surface area contributed by atoms with Crippen molar-refractivity contribution in [1.29, 1.82) is 0 Å². The summed E-state index contributed by atoms with van der Waals surface area (Å²) in [6.45, 7) is 20.3. The van der Waals surface area contributed by atoms with Crippen LogP contribution in [0, 0.1) is 0 Å². The zero-order valence-electron chi connectivity index (χ0n) is 32.6. The largest absolute Gasteiger partial charge is 0.507 e. The first-order chi connectivity index (χ1) is 26.3. The second kappa shape index (κ2) is 17.6. The van der Waals surface area contributed by atoms with E-state index >= 15 is 0 Å². The molecule has 300 valence electrons. The number of ether oxygens (including phenoxy) is 7. The zero-order valence-corrected chi connectivity index (χ0v) is 32.6. The first-order valence-electron chi connectivity index (χ1n) is 17.4. The number of fused-ring (bicyclic) bond motifs is 1. The summed E-state index contributed by atoms with van der Waals surface area (Å²) in [5.41, 5.74) is 1.85. The minimum Gasteiger partial charge on any atom is -0.507 e. The van der Waals surface area contributed by atoms with Crippen molar-refractivity contribution in [2.24, 2.45) is 0 Å². The van der Waals surface area contributed by atoms with Gasteiger partial charge in [-0.3, -0.25) is 19.2 Å². The van der Waals surface area contributed by atoms with Gasteiger partial charge in [-0.2, -0.15) is 0 Å². The first kappa shape index (κ1) is 42.6. The van der Waals surface area contributed by atoms with E-state index in [0.29, 0.717) is 27.8 Å². The Morgan fingerprint density at radius 1 is 0.732 bits per heavy atom. The van der Waals surface area contributed by atoms with Gasteiger partial charge in [-0.05, 0) is 39.3 Å². The van der Waals surface area contributed by atoms with E-state index in [2.05, 4.69) is 19.7 Å². The van der Waals surface area contributed by atoms with Crippen molar-refractivity contribution in [2.45, 2.75) is 91.5 Å². The highest BCUT2D eigenvalue weighted by Crippen LogP contribution is 2.45. The summed E-state index contributed by atoms with van der Waals surface area (Å²) >= 11 is 0. The maximum Gasteiger partial charge on any atom is 0.339 e. The summed E-state index contributed by atoms with van der Waals surface area (Å²) < 4.78 is 45.7. The van der Waals surface area contributed by atoms with Gasteiger partial charge >= 0.3 is 23.9 Å². The van der Waals surface area contributed by atoms with Crippen LogP contribution in [0.2, 0.25) is 0 Å². The highest BCUT2D eigenvalue weighted by Gasteiger charge is 2.56. The molecule has 2 N–H and O–H groups in total. The molecule has 15 nitrogen and oxygen atoms in total. The van der Waals surface area contributed by atoms with E-state index in [1.165, 1.54) is 19.2 Å². The van der Waals surface area contributed by atoms with Gasteiger partial charge in [-0.15, -0.1) is 0 Å². The topological polar surface area (TPSA) is 204 Å². The highest BCUT2D eigenvalue weighted by atomic mass is 16.7. The Labute approximate surface area is 323 Å². The third kappa shape index (κ3) is 9.22. The number of carbonyl (C=O) groups is 4. The smallest absolute Gasteiger partial charge is 0.339 e. The lowest BCUT2D eigenvalue weighted by Gasteiger charge is -2.43. The van der Waals surface area contributed by atoms with Crippen molar-refractivity contribution in [1.82, 2.24) is 0 Å². The van der Waals surface area contributed by atoms with Crippen LogP contribution in [0.4, 0.5) is 0 Å². The van der Waals surface area contributed by atoms with Gasteiger partial charge in [0, 0.05) is 61.9 Å². The fourth-order valence-corrected chi connectivity index (χ4v) is 6.46. The number of rotatable bonds is 14. The van der Waals surface area contributed by atoms with Crippen molar-refractivity contribution in [2.75, 3.05) is 14.2 Å². The Morgan fingerprint density at radius 2 is 1.27 bits per heavy atom. The van der Waals surface area contributed by atoms with Crippen LogP contribution < -0.4 is 14.9 Å². The lowest BCUT2D eigenvalue weighted by atomic mass is 9.93. The van der Waals surface area contributed by atoms with Crippen LogP contribution in [0.3, 0.4) is 0 Å². The summed E-state index contributed by atoms with van der Waals surface area (Å²) in [4.78, 5) is 64.4. The molecular weight excluding hydrogens is 732 g/mol. The second-order valence-electron chi connectivity index (χ2n) is 13.6. The molecule has 1 aliphatic rings. The van der Waals surface area contributed by atoms with Gasteiger partial charge in [0.15, 0.2) is 35.2 Å². The standard InChI is InChI=1S/C41H46O15/c1-18(2)14-25-24(12-13-29(49-10)32(25)46)30-17-28(45)31-33(47)26(15-19(3)4)34(27(16-20(5)6)35(31)54-30)55-41-39(53-23(9)44)37(52-22(8)43)36(51-21(7)42)38(56-41)40(48)50-11/h12-13,17,36-39,41,46-47H,1,3,5,14-16H2,2,4,6-11H3/t36-,37-,38-,39+,41+/m0/s1. The number of hydrogen-bond acceptors (Lipinski definition) is 15. The molecule has 1 saturated heterocycles. The molecule has 2 heterocycles. The van der Waals surface area contributed by atoms with Crippen LogP contribution in [-0.4, -0.2) is 79.0 Å². The maximum absolute atomic E-state index is 14.1. The molecule has 0 radical (unpaired) electrons. The van der Waals surface area contributed by atoms with Crippen molar-refractivity contribution < 1.29 is 67.0 Å². The lowest BCUT2D eigenvalue weighted by molar-refractivity contribution is -0.282. The van der Waals surface area contributed by atoms with Crippen molar-refractivity contribution in [3.63, 3.8) is 0 Å². The Hall–Kier alpha value is -6.09. The number of carbonyl (C=O) groups excluding carboxylic acids is 4. The van der Waals surface area contributed by atoms with E-state index in [4.69, 9.17) is 37.6 Å². The Balaban J connectivity index is 2.11. The molecule has 2 aromatic carbocycles. The minimum atomic E-state index is -1.82. The molecule has 0 saturated carbocycles. The normalized spacial score (nSPS) is 19.0. The van der Waals surface area contributed by atoms with Crippen molar-refractivity contribution in [3.8, 4) is 34.3 Å². The Kier molecular flexibility index (Phi) is 13.4. The molecule has 5 atom stereocenters. The fraction of sp³-hybridized carbons (Fsp3) is 0.390. The van der Waals surface area contributed by atoms with Crippen LogP contribution >= 0.6 is 0 Å². The monoisotopic (exact) mass is 778 g/mol. The van der Waals surface area contributed by atoms with Crippen LogP contribution in [0.1, 0.15) is 58.2 Å². The molecule has 0 aliphatic carbocycles. The predicted octanol–water partition coefficient (Wildman–Crippen LogP) is 5.31. The molecule has 1 aromatic heterocycles. The molecule has 0 spiro atoms. The van der Waals surface area contributed by atoms with Crippen LogP contribution in [-0.2, 0) is 62.1 Å². The van der Waals surface area contributed by atoms with Crippen LogP contribution in [0.15, 0.2) is 63.9 Å². The molecule has 0 unspecified atom stereocenters. The van der Waals surface area contributed by atoms with Gasteiger partial charge in [0.25, 0.3) is 0 Å². The quantitative estimate of drug-likeness (QED) is 0.121. The minimum absolute atomic E-state index is 0.00859. The second-order valence-corrected chi connectivity index (χ2v) is 13.6. The molecule has 1 fully saturated rings. The van der Waals surface area contributed by atoms with Gasteiger partial charge in [0.1, 0.15) is 28.2 Å². The molecule has 15 heteroatoms. The summed E-state index contributed by atoms with van der Waals surface area (Å²) in [5, 5.41) is 22.8. The molecular formula is C41H46O15. The number of benzene rings is 2. The van der Waals surface area contributed by atoms with E-state index in [9.17, 15) is 34.2 Å². The van der Waals surface area contributed by atoms with Crippen molar-refractivity contribution >= 4 is 34.8 Å². The number of phenolic OH excluding ortho intramolecular Hbond substituents is 2. The molecule has 0 bridgehead atoms. The predicted molar refractivity (Wildman–Crippen MR) is 201 cm³/mol. The van der Waals surface area contributed by atoms with E-state index in [1.54, 1.807) is 26.8 Å². The van der Waals surface area contributed by atoms with E-state index in [1.807, 2.05) is 0 Å². The number of methoxy groups -OCH3 is 2. The average molecular weight is 779 g/mol. The lowest BCUT2D eigenvalue weighted by Crippen LogP contribution is -2.64. The Morgan fingerprint density at radius 3 is 1.80 bits per heavy atom. The Bertz CT molecular complexity index is 2160. The zero-order chi connectivity index (χ0) is 41.8. The summed E-state index contributed by atoms with van der Waals surface area (Å²) in [6, 6.07) is 4.29. The number of esters is 4. The molecule has 56 heavy (non-hydrogen) atoms. The van der Waals surface area contributed by atoms with Gasteiger partial charge < -0.3 is 47.8 Å². The SMILES string of the molecule is C=C(C)Cc1c(-c2cc(=O)c3c(O)c(CC(=C)C)c(O[C@@H]4O[C@H](C(=O)OC)[C@@H](OC(C)=O)[C@H](OC(C)=O)[C@H]4OC(C)=O)c(CC(=C)C)c3o2)ccc(OC)c1O. The van der Waals surface area contributed by atoms with Gasteiger partial charge in [0.2, 0.25) is 12.4 Å². The van der Waals surface area contributed by atoms with E-state index in [0.717, 1.165) is 27.9 Å². The summed E-state index contributed by atoms with van der Waals surface area (Å²) in [7, 11) is 2.44. The number of aromatic hydroxyl groups is 2. The summed E-state index contributed by atoms with van der Waals surface area (Å²) in [5.74, 6) is -4.42.